The molecule has 0 heterocycles. The second-order valence-corrected chi connectivity index (χ2v) is 4.03. The fraction of sp³-hybridized carbons (Fsp3) is 1.00. The Morgan fingerprint density at radius 3 is 1.58 bits per heavy atom. The Kier molecular flexibility index (Phi) is 6.60. The molecule has 0 spiro atoms. The zero-order valence-corrected chi connectivity index (χ0v) is 9.56. The van der Waals surface area contributed by atoms with Crippen LogP contribution in [0, 0.1) is 11.8 Å². The first-order chi connectivity index (χ1) is 5.71. The van der Waals surface area contributed by atoms with Crippen molar-refractivity contribution in [1.82, 2.24) is 0 Å². The molecule has 0 aliphatic rings. The van der Waals surface area contributed by atoms with Crippen LogP contribution < -0.4 is 0 Å². The minimum absolute atomic E-state index is 0.917. The minimum atomic E-state index is 0.917. The molecule has 2 atom stereocenters. The molecule has 0 aromatic rings. The van der Waals surface area contributed by atoms with Crippen molar-refractivity contribution in [2.45, 2.75) is 59.2 Å². The van der Waals surface area contributed by atoms with Gasteiger partial charge in [-0.3, -0.25) is 0 Å². The van der Waals surface area contributed by atoms with Crippen LogP contribution >= 0.6 is 0 Å². The van der Waals surface area contributed by atoms with E-state index in [1.165, 1.54) is 25.7 Å². The molecule has 0 rings (SSSR count). The predicted molar refractivity (Wildman–Crippen MR) is 60.4 cm³/mol. The highest BCUT2D eigenvalue weighted by Gasteiger charge is 2.21. The molecule has 0 saturated heterocycles. The molecule has 0 aromatic carbocycles. The second kappa shape index (κ2) is 6.57. The fourth-order valence-corrected chi connectivity index (χ4v) is 2.40. The van der Waals surface area contributed by atoms with Gasteiger partial charge in [0.2, 0.25) is 0 Å². The summed E-state index contributed by atoms with van der Waals surface area (Å²) in [5, 5.41) is 0. The van der Waals surface area contributed by atoms with E-state index in [0.717, 1.165) is 17.7 Å². The van der Waals surface area contributed by atoms with Crippen molar-refractivity contribution in [3.8, 4) is 0 Å². The molecule has 12 heavy (non-hydrogen) atoms. The molecule has 0 radical (unpaired) electrons. The maximum absolute atomic E-state index is 2.41. The van der Waals surface area contributed by atoms with Crippen molar-refractivity contribution in [3.05, 3.63) is 0 Å². The Labute approximate surface area is 79.5 Å². The van der Waals surface area contributed by atoms with Crippen molar-refractivity contribution < 1.29 is 0 Å². The van der Waals surface area contributed by atoms with Gasteiger partial charge in [-0.15, -0.1) is 0 Å². The van der Waals surface area contributed by atoms with Crippen molar-refractivity contribution in [3.63, 3.8) is 0 Å². The van der Waals surface area contributed by atoms with Crippen LogP contribution in [0.4, 0.5) is 0 Å². The van der Waals surface area contributed by atoms with E-state index in [4.69, 9.17) is 0 Å². The van der Waals surface area contributed by atoms with Crippen molar-refractivity contribution in [2.75, 3.05) is 0 Å². The molecule has 0 aliphatic carbocycles. The number of rotatable bonds is 6. The predicted octanol–water partition coefficient (Wildman–Crippen LogP) is 3.28. The van der Waals surface area contributed by atoms with Crippen LogP contribution in [0.3, 0.4) is 0 Å². The van der Waals surface area contributed by atoms with Crippen molar-refractivity contribution in [2.24, 2.45) is 11.8 Å². The molecular weight excluding hydrogens is 143 g/mol. The third kappa shape index (κ3) is 3.20. The zero-order chi connectivity index (χ0) is 9.56. The van der Waals surface area contributed by atoms with E-state index >= 15 is 0 Å². The summed E-state index contributed by atoms with van der Waals surface area (Å²) in [7, 11) is 2.41. The molecule has 0 nitrogen and oxygen atoms in total. The highest BCUT2D eigenvalue weighted by atomic mass is 14.2. The summed E-state index contributed by atoms with van der Waals surface area (Å²) in [6.45, 7) is 9.32. The summed E-state index contributed by atoms with van der Waals surface area (Å²) in [6.07, 6.45) is 5.43. The first-order valence-corrected chi connectivity index (χ1v) is 5.71. The third-order valence-corrected chi connectivity index (χ3v) is 3.50. The van der Waals surface area contributed by atoms with E-state index in [-0.39, 0.29) is 0 Å². The molecule has 0 amide bonds. The van der Waals surface area contributed by atoms with E-state index in [9.17, 15) is 0 Å². The van der Waals surface area contributed by atoms with E-state index in [1.54, 1.807) is 0 Å². The van der Waals surface area contributed by atoms with Gasteiger partial charge in [0, 0.05) is 0 Å². The molecule has 2 unspecified atom stereocenters. The quantitative estimate of drug-likeness (QED) is 0.534. The Balaban J connectivity index is 4.09. The van der Waals surface area contributed by atoms with Crippen LogP contribution in [0.25, 0.3) is 0 Å². The van der Waals surface area contributed by atoms with Crippen LogP contribution in [0.5, 0.6) is 0 Å². The molecule has 72 valence electrons. The highest BCUT2D eigenvalue weighted by Crippen LogP contribution is 2.33. The van der Waals surface area contributed by atoms with E-state index in [0.29, 0.717) is 0 Å². The van der Waals surface area contributed by atoms with Gasteiger partial charge in [0.1, 0.15) is 7.85 Å². The van der Waals surface area contributed by atoms with Gasteiger partial charge in [0.15, 0.2) is 0 Å². The van der Waals surface area contributed by atoms with Gasteiger partial charge in [-0.2, -0.15) is 0 Å². The third-order valence-electron chi connectivity index (χ3n) is 3.50. The summed E-state index contributed by atoms with van der Waals surface area (Å²) < 4.78 is 0. The smallest absolute Gasteiger partial charge is 0.0669 e. The Morgan fingerprint density at radius 2 is 1.33 bits per heavy atom. The van der Waals surface area contributed by atoms with Gasteiger partial charge >= 0.3 is 0 Å². The first kappa shape index (κ1) is 12.1. The lowest BCUT2D eigenvalue weighted by molar-refractivity contribution is 0.285. The van der Waals surface area contributed by atoms with Crippen LogP contribution in [0.15, 0.2) is 0 Å². The van der Waals surface area contributed by atoms with Crippen molar-refractivity contribution >= 4 is 7.85 Å². The standard InChI is InChI=1S/C11H25B/c1-5-9(6-2)10(7-3)11(12)8-4/h9-11H,5-8,12H2,1-4H3. The number of hydrogen-bond donors (Lipinski definition) is 0. The monoisotopic (exact) mass is 168 g/mol. The van der Waals surface area contributed by atoms with E-state index in [1.807, 2.05) is 0 Å². The molecular formula is C11H25B. The second-order valence-electron chi connectivity index (χ2n) is 4.03. The summed E-state index contributed by atoms with van der Waals surface area (Å²) in [5.41, 5.74) is 0. The maximum Gasteiger partial charge on any atom is 0.105 e. The maximum atomic E-state index is 2.41. The van der Waals surface area contributed by atoms with Gasteiger partial charge < -0.3 is 0 Å². The Bertz CT molecular complexity index is 97.2. The first-order valence-electron chi connectivity index (χ1n) is 5.71. The highest BCUT2D eigenvalue weighted by molar-refractivity contribution is 6.11. The van der Waals surface area contributed by atoms with Crippen LogP contribution in [0.1, 0.15) is 53.4 Å². The van der Waals surface area contributed by atoms with Gasteiger partial charge in [0.25, 0.3) is 0 Å². The fourth-order valence-electron chi connectivity index (χ4n) is 2.40. The van der Waals surface area contributed by atoms with E-state index < -0.39 is 0 Å². The molecule has 0 saturated carbocycles. The summed E-state index contributed by atoms with van der Waals surface area (Å²) in [5.74, 6) is 2.84. The Hall–Kier alpha value is 0.0649. The summed E-state index contributed by atoms with van der Waals surface area (Å²) in [6, 6.07) is 0. The average Bonchev–Trinajstić information content (AvgIpc) is 2.12. The molecule has 1 heteroatoms. The van der Waals surface area contributed by atoms with Crippen LogP contribution in [-0.4, -0.2) is 7.85 Å². The zero-order valence-electron chi connectivity index (χ0n) is 9.56. The SMILES string of the molecule is BC(CC)C(CC)C(CC)CC. The van der Waals surface area contributed by atoms with Gasteiger partial charge in [-0.05, 0) is 11.8 Å². The van der Waals surface area contributed by atoms with Gasteiger partial charge in [0.05, 0.1) is 0 Å². The average molecular weight is 168 g/mol. The lowest BCUT2D eigenvalue weighted by Crippen LogP contribution is -2.18. The minimum Gasteiger partial charge on any atom is -0.0669 e. The largest absolute Gasteiger partial charge is 0.105 e. The lowest BCUT2D eigenvalue weighted by atomic mass is 9.67. The molecule has 0 aliphatic heterocycles. The van der Waals surface area contributed by atoms with Gasteiger partial charge in [-0.1, -0.05) is 59.2 Å². The summed E-state index contributed by atoms with van der Waals surface area (Å²) >= 11 is 0. The molecule has 0 N–H and O–H groups in total. The van der Waals surface area contributed by atoms with Crippen molar-refractivity contribution in [1.29, 1.82) is 0 Å². The lowest BCUT2D eigenvalue weighted by Gasteiger charge is -2.29. The Morgan fingerprint density at radius 1 is 0.833 bits per heavy atom. The number of hydrogen-bond acceptors (Lipinski definition) is 0. The van der Waals surface area contributed by atoms with E-state index in [2.05, 4.69) is 35.5 Å². The molecule has 0 aromatic heterocycles. The molecule has 0 bridgehead atoms. The molecule has 0 fully saturated rings. The van der Waals surface area contributed by atoms with Crippen LogP contribution in [0.2, 0.25) is 5.82 Å². The van der Waals surface area contributed by atoms with Crippen LogP contribution in [-0.2, 0) is 0 Å². The van der Waals surface area contributed by atoms with Gasteiger partial charge in [-0.25, -0.2) is 0 Å². The normalized spacial score (nSPS) is 16.4. The topological polar surface area (TPSA) is 0 Å². The summed E-state index contributed by atoms with van der Waals surface area (Å²) in [4.78, 5) is 0.